The van der Waals surface area contributed by atoms with Crippen LogP contribution in [0.5, 0.6) is 0 Å². The van der Waals surface area contributed by atoms with E-state index in [2.05, 4.69) is 34.3 Å². The number of nitrogens with two attached hydrogens (primary N) is 1. The number of hydrogen-bond acceptors (Lipinski definition) is 4. The molecule has 5 heteroatoms. The highest BCUT2D eigenvalue weighted by molar-refractivity contribution is 6.06. The van der Waals surface area contributed by atoms with Crippen molar-refractivity contribution in [3.05, 3.63) is 66.0 Å². The highest BCUT2D eigenvalue weighted by Crippen LogP contribution is 2.25. The lowest BCUT2D eigenvalue weighted by Gasteiger charge is -2.16. The zero-order valence-corrected chi connectivity index (χ0v) is 12.2. The molecule has 0 saturated heterocycles. The fourth-order valence-electron chi connectivity index (χ4n) is 2.43. The highest BCUT2D eigenvalue weighted by atomic mass is 16.1. The highest BCUT2D eigenvalue weighted by Gasteiger charge is 2.13. The molecule has 22 heavy (non-hydrogen) atoms. The van der Waals surface area contributed by atoms with Crippen LogP contribution in [-0.2, 0) is 0 Å². The molecule has 0 aliphatic rings. The summed E-state index contributed by atoms with van der Waals surface area (Å²) in [7, 11) is 0. The Kier molecular flexibility index (Phi) is 3.70. The third-order valence-corrected chi connectivity index (χ3v) is 3.58. The lowest BCUT2D eigenvalue weighted by Crippen LogP contribution is -2.13. The van der Waals surface area contributed by atoms with Crippen LogP contribution in [0.3, 0.4) is 0 Å². The number of amides is 1. The van der Waals surface area contributed by atoms with Crippen molar-refractivity contribution < 1.29 is 4.79 Å². The molecule has 1 aromatic heterocycles. The lowest BCUT2D eigenvalue weighted by molar-refractivity contribution is 0.100. The molecule has 1 atom stereocenters. The number of nitrogens with one attached hydrogen (secondary N) is 1. The molecule has 0 unspecified atom stereocenters. The molecule has 1 amide bonds. The first kappa shape index (κ1) is 14.0. The topological polar surface area (TPSA) is 80.9 Å². The molecule has 3 aromatic rings. The number of para-hydroxylation sites is 1. The minimum atomic E-state index is -0.494. The van der Waals surface area contributed by atoms with E-state index in [9.17, 15) is 4.79 Å². The number of benzene rings is 2. The van der Waals surface area contributed by atoms with Crippen LogP contribution in [0, 0.1) is 0 Å². The summed E-state index contributed by atoms with van der Waals surface area (Å²) in [6, 6.07) is 15.5. The SMILES string of the molecule is C[C@H](Nc1ncnc2c(C(N)=O)cccc12)c1ccccc1. The van der Waals surface area contributed by atoms with Crippen molar-refractivity contribution in [3.8, 4) is 0 Å². The molecule has 0 saturated carbocycles. The van der Waals surface area contributed by atoms with Crippen molar-refractivity contribution in [1.82, 2.24) is 9.97 Å². The van der Waals surface area contributed by atoms with E-state index < -0.39 is 5.91 Å². The number of fused-ring (bicyclic) bond motifs is 1. The van der Waals surface area contributed by atoms with Gasteiger partial charge >= 0.3 is 0 Å². The number of aromatic nitrogens is 2. The van der Waals surface area contributed by atoms with Gasteiger partial charge in [0, 0.05) is 11.4 Å². The first-order valence-electron chi connectivity index (χ1n) is 7.02. The Hall–Kier alpha value is -2.95. The molecule has 3 N–H and O–H groups in total. The molecular formula is C17H16N4O. The van der Waals surface area contributed by atoms with Gasteiger partial charge < -0.3 is 11.1 Å². The summed E-state index contributed by atoms with van der Waals surface area (Å²) in [5.41, 5.74) is 7.52. The normalized spacial score (nSPS) is 12.0. The van der Waals surface area contributed by atoms with Crippen molar-refractivity contribution in [2.75, 3.05) is 5.32 Å². The zero-order chi connectivity index (χ0) is 15.5. The Balaban J connectivity index is 2.01. The van der Waals surface area contributed by atoms with Crippen LogP contribution in [0.1, 0.15) is 28.9 Å². The summed E-state index contributed by atoms with van der Waals surface area (Å²) < 4.78 is 0. The van der Waals surface area contributed by atoms with Gasteiger partial charge in [-0.1, -0.05) is 36.4 Å². The Morgan fingerprint density at radius 2 is 1.86 bits per heavy atom. The minimum Gasteiger partial charge on any atom is -0.366 e. The van der Waals surface area contributed by atoms with Crippen LogP contribution >= 0.6 is 0 Å². The standard InChI is InChI=1S/C17H16N4O/c1-11(12-6-3-2-4-7-12)21-17-14-9-5-8-13(16(18)22)15(14)19-10-20-17/h2-11H,1H3,(H2,18,22)(H,19,20,21)/t11-/m0/s1. The predicted octanol–water partition coefficient (Wildman–Crippen LogP) is 2.90. The van der Waals surface area contributed by atoms with Gasteiger partial charge in [0.1, 0.15) is 12.1 Å². The van der Waals surface area contributed by atoms with Gasteiger partial charge in [-0.25, -0.2) is 9.97 Å². The van der Waals surface area contributed by atoms with E-state index in [1.807, 2.05) is 24.3 Å². The number of nitrogens with zero attached hydrogens (tertiary/aromatic N) is 2. The summed E-state index contributed by atoms with van der Waals surface area (Å²) in [4.78, 5) is 20.0. The fraction of sp³-hybridized carbons (Fsp3) is 0.118. The van der Waals surface area contributed by atoms with Gasteiger partial charge in [-0.15, -0.1) is 0 Å². The average molecular weight is 292 g/mol. The smallest absolute Gasteiger partial charge is 0.250 e. The van der Waals surface area contributed by atoms with Gasteiger partial charge in [0.05, 0.1) is 11.1 Å². The molecule has 5 nitrogen and oxygen atoms in total. The summed E-state index contributed by atoms with van der Waals surface area (Å²) >= 11 is 0. The zero-order valence-electron chi connectivity index (χ0n) is 12.2. The maximum Gasteiger partial charge on any atom is 0.250 e. The van der Waals surface area contributed by atoms with Crippen LogP contribution in [0.15, 0.2) is 54.9 Å². The fourth-order valence-corrected chi connectivity index (χ4v) is 2.43. The largest absolute Gasteiger partial charge is 0.366 e. The van der Waals surface area contributed by atoms with Crippen molar-refractivity contribution in [3.63, 3.8) is 0 Å². The first-order chi connectivity index (χ1) is 10.7. The average Bonchev–Trinajstić information content (AvgIpc) is 2.55. The number of carbonyl (C=O) groups is 1. The second-order valence-corrected chi connectivity index (χ2v) is 5.06. The van der Waals surface area contributed by atoms with Crippen LogP contribution in [0.4, 0.5) is 5.82 Å². The molecule has 0 fully saturated rings. The molecule has 0 aliphatic heterocycles. The molecular weight excluding hydrogens is 276 g/mol. The van der Waals surface area contributed by atoms with Gasteiger partial charge in [0.25, 0.3) is 5.91 Å². The van der Waals surface area contributed by atoms with Gasteiger partial charge in [0.15, 0.2) is 0 Å². The Morgan fingerprint density at radius 1 is 1.09 bits per heavy atom. The summed E-state index contributed by atoms with van der Waals surface area (Å²) in [5, 5.41) is 4.14. The Labute approximate surface area is 128 Å². The molecule has 110 valence electrons. The van der Waals surface area contributed by atoms with Crippen LogP contribution in [-0.4, -0.2) is 15.9 Å². The van der Waals surface area contributed by atoms with E-state index in [0.717, 1.165) is 10.9 Å². The van der Waals surface area contributed by atoms with Crippen molar-refractivity contribution in [2.45, 2.75) is 13.0 Å². The van der Waals surface area contributed by atoms with Crippen molar-refractivity contribution in [1.29, 1.82) is 0 Å². The quantitative estimate of drug-likeness (QED) is 0.774. The van der Waals surface area contributed by atoms with Crippen LogP contribution in [0.25, 0.3) is 10.9 Å². The maximum absolute atomic E-state index is 11.5. The summed E-state index contributed by atoms with van der Waals surface area (Å²) in [6.45, 7) is 2.06. The second-order valence-electron chi connectivity index (χ2n) is 5.06. The third-order valence-electron chi connectivity index (χ3n) is 3.58. The van der Waals surface area contributed by atoms with Gasteiger partial charge in [-0.05, 0) is 24.6 Å². The van der Waals surface area contributed by atoms with Crippen LogP contribution < -0.4 is 11.1 Å². The number of anilines is 1. The number of primary amides is 1. The second kappa shape index (κ2) is 5.81. The Morgan fingerprint density at radius 3 is 2.59 bits per heavy atom. The van der Waals surface area contributed by atoms with E-state index in [-0.39, 0.29) is 6.04 Å². The molecule has 0 aliphatic carbocycles. The molecule has 0 spiro atoms. The van der Waals surface area contributed by atoms with E-state index in [4.69, 9.17) is 5.73 Å². The van der Waals surface area contributed by atoms with E-state index in [1.54, 1.807) is 12.1 Å². The van der Waals surface area contributed by atoms with E-state index in [1.165, 1.54) is 6.33 Å². The van der Waals surface area contributed by atoms with Gasteiger partial charge in [-0.2, -0.15) is 0 Å². The number of carbonyl (C=O) groups excluding carboxylic acids is 1. The summed E-state index contributed by atoms with van der Waals surface area (Å²) in [6.07, 6.45) is 1.44. The van der Waals surface area contributed by atoms with E-state index in [0.29, 0.717) is 16.9 Å². The monoisotopic (exact) mass is 292 g/mol. The van der Waals surface area contributed by atoms with Gasteiger partial charge in [-0.3, -0.25) is 4.79 Å². The minimum absolute atomic E-state index is 0.0801. The number of hydrogen-bond donors (Lipinski definition) is 2. The summed E-state index contributed by atoms with van der Waals surface area (Å²) in [5.74, 6) is 0.191. The predicted molar refractivity (Wildman–Crippen MR) is 86.5 cm³/mol. The molecule has 1 heterocycles. The lowest BCUT2D eigenvalue weighted by atomic mass is 10.1. The first-order valence-corrected chi connectivity index (χ1v) is 7.02. The number of rotatable bonds is 4. The maximum atomic E-state index is 11.5. The van der Waals surface area contributed by atoms with Gasteiger partial charge in [0.2, 0.25) is 0 Å². The molecule has 0 radical (unpaired) electrons. The van der Waals surface area contributed by atoms with Crippen LogP contribution in [0.2, 0.25) is 0 Å². The van der Waals surface area contributed by atoms with Crippen molar-refractivity contribution in [2.24, 2.45) is 5.73 Å². The van der Waals surface area contributed by atoms with E-state index >= 15 is 0 Å². The third kappa shape index (κ3) is 2.61. The Bertz CT molecular complexity index is 817. The molecule has 3 rings (SSSR count). The molecule has 0 bridgehead atoms. The molecule has 2 aromatic carbocycles. The van der Waals surface area contributed by atoms with Crippen molar-refractivity contribution >= 4 is 22.6 Å².